The van der Waals surface area contributed by atoms with Gasteiger partial charge in [-0.15, -0.1) is 11.3 Å². The monoisotopic (exact) mass is 317 g/mol. The minimum atomic E-state index is -0.250. The van der Waals surface area contributed by atoms with E-state index in [1.165, 1.54) is 41.8 Å². The van der Waals surface area contributed by atoms with Crippen LogP contribution in [0.15, 0.2) is 30.3 Å². The van der Waals surface area contributed by atoms with E-state index >= 15 is 0 Å². The first-order chi connectivity index (χ1) is 10.6. The van der Waals surface area contributed by atoms with E-state index in [0.29, 0.717) is 6.54 Å². The van der Waals surface area contributed by atoms with Gasteiger partial charge in [0, 0.05) is 18.5 Å². The number of fused-ring (bicyclic) bond motifs is 1. The van der Waals surface area contributed by atoms with E-state index in [1.54, 1.807) is 35.4 Å². The maximum Gasteiger partial charge on any atom is 0.263 e. The van der Waals surface area contributed by atoms with Crippen LogP contribution >= 0.6 is 11.3 Å². The molecule has 0 unspecified atom stereocenters. The number of carbonyl (C=O) groups excluding carboxylic acids is 1. The summed E-state index contributed by atoms with van der Waals surface area (Å²) in [5.74, 6) is -0.192. The molecule has 0 fully saturated rings. The molecular weight excluding hydrogens is 297 g/mol. The Morgan fingerprint density at radius 3 is 2.68 bits per heavy atom. The van der Waals surface area contributed by atoms with E-state index < -0.39 is 0 Å². The van der Waals surface area contributed by atoms with E-state index in [2.05, 4.69) is 6.07 Å². The van der Waals surface area contributed by atoms with E-state index in [1.807, 2.05) is 0 Å². The number of nitrogens with zero attached hydrogens (tertiary/aromatic N) is 1. The van der Waals surface area contributed by atoms with E-state index in [-0.39, 0.29) is 11.7 Å². The van der Waals surface area contributed by atoms with Crippen molar-refractivity contribution in [2.75, 3.05) is 7.05 Å². The maximum absolute atomic E-state index is 12.9. The standard InChI is InChI=1S/C18H20FNOS/c1-20(12-13-7-9-15(19)10-8-13)18(21)17-11-14-5-3-2-4-6-16(14)22-17/h7-11H,2-6,12H2,1H3. The molecule has 4 heteroatoms. The third-order valence-corrected chi connectivity index (χ3v) is 5.36. The molecule has 0 N–H and O–H groups in total. The molecule has 0 aliphatic heterocycles. The summed E-state index contributed by atoms with van der Waals surface area (Å²) in [5, 5.41) is 0. The van der Waals surface area contributed by atoms with Crippen molar-refractivity contribution in [1.82, 2.24) is 4.90 Å². The van der Waals surface area contributed by atoms with Gasteiger partial charge in [0.15, 0.2) is 0 Å². The predicted molar refractivity (Wildman–Crippen MR) is 87.8 cm³/mol. The summed E-state index contributed by atoms with van der Waals surface area (Å²) >= 11 is 1.65. The van der Waals surface area contributed by atoms with Crippen molar-refractivity contribution in [3.8, 4) is 0 Å². The van der Waals surface area contributed by atoms with Crippen LogP contribution in [-0.4, -0.2) is 17.9 Å². The average Bonchev–Trinajstić information content (AvgIpc) is 2.79. The molecule has 2 aromatic rings. The van der Waals surface area contributed by atoms with Gasteiger partial charge in [0.1, 0.15) is 5.82 Å². The van der Waals surface area contributed by atoms with Gasteiger partial charge in [-0.25, -0.2) is 4.39 Å². The van der Waals surface area contributed by atoms with Crippen molar-refractivity contribution in [1.29, 1.82) is 0 Å². The third-order valence-electron chi connectivity index (χ3n) is 4.14. The summed E-state index contributed by atoms with van der Waals surface area (Å²) in [7, 11) is 1.80. The number of amides is 1. The molecule has 1 amide bonds. The van der Waals surface area contributed by atoms with Crippen molar-refractivity contribution in [2.45, 2.75) is 38.6 Å². The van der Waals surface area contributed by atoms with Gasteiger partial charge in [-0.1, -0.05) is 18.6 Å². The molecule has 1 heterocycles. The van der Waals surface area contributed by atoms with Crippen LogP contribution in [0.3, 0.4) is 0 Å². The molecule has 1 aromatic heterocycles. The molecule has 0 saturated heterocycles. The first kappa shape index (κ1) is 15.2. The molecule has 2 nitrogen and oxygen atoms in total. The van der Waals surface area contributed by atoms with Gasteiger partial charge in [-0.3, -0.25) is 4.79 Å². The van der Waals surface area contributed by atoms with Crippen molar-refractivity contribution in [3.05, 3.63) is 57.0 Å². The van der Waals surface area contributed by atoms with Crippen LogP contribution in [0.5, 0.6) is 0 Å². The smallest absolute Gasteiger partial charge is 0.263 e. The second kappa shape index (κ2) is 6.61. The number of hydrogen-bond acceptors (Lipinski definition) is 2. The van der Waals surface area contributed by atoms with Gasteiger partial charge in [0.05, 0.1) is 4.88 Å². The summed E-state index contributed by atoms with van der Waals surface area (Å²) in [6.45, 7) is 0.502. The topological polar surface area (TPSA) is 20.3 Å². The van der Waals surface area contributed by atoms with Gasteiger partial charge in [-0.2, -0.15) is 0 Å². The lowest BCUT2D eigenvalue weighted by atomic mass is 10.1. The third kappa shape index (κ3) is 3.38. The zero-order chi connectivity index (χ0) is 15.5. The summed E-state index contributed by atoms with van der Waals surface area (Å²) in [5.41, 5.74) is 2.30. The second-order valence-electron chi connectivity index (χ2n) is 5.91. The van der Waals surface area contributed by atoms with Gasteiger partial charge < -0.3 is 4.90 Å². The highest BCUT2D eigenvalue weighted by Crippen LogP contribution is 2.29. The molecule has 0 radical (unpaired) electrons. The summed E-state index contributed by atoms with van der Waals surface area (Å²) < 4.78 is 12.9. The van der Waals surface area contributed by atoms with Crippen LogP contribution in [-0.2, 0) is 19.4 Å². The van der Waals surface area contributed by atoms with E-state index in [0.717, 1.165) is 23.3 Å². The Morgan fingerprint density at radius 2 is 1.91 bits per heavy atom. The Balaban J connectivity index is 1.71. The Labute approximate surface area is 134 Å². The number of halogens is 1. The number of aryl methyl sites for hydroxylation is 2. The fourth-order valence-electron chi connectivity index (χ4n) is 2.90. The fraction of sp³-hybridized carbons (Fsp3) is 0.389. The molecular formula is C18H20FNOS. The number of hydrogen-bond donors (Lipinski definition) is 0. The normalized spacial score (nSPS) is 14.3. The highest BCUT2D eigenvalue weighted by atomic mass is 32.1. The van der Waals surface area contributed by atoms with Crippen LogP contribution in [0.2, 0.25) is 0 Å². The van der Waals surface area contributed by atoms with Crippen molar-refractivity contribution in [2.24, 2.45) is 0 Å². The highest BCUT2D eigenvalue weighted by molar-refractivity contribution is 7.14. The molecule has 0 spiro atoms. The van der Waals surface area contributed by atoms with Crippen molar-refractivity contribution in [3.63, 3.8) is 0 Å². The SMILES string of the molecule is CN(Cc1ccc(F)cc1)C(=O)c1cc2c(s1)CCCCC2. The van der Waals surface area contributed by atoms with Gasteiger partial charge >= 0.3 is 0 Å². The number of carbonyl (C=O) groups is 1. The Kier molecular flexibility index (Phi) is 4.57. The van der Waals surface area contributed by atoms with Crippen LogP contribution in [0, 0.1) is 5.82 Å². The molecule has 0 bridgehead atoms. The van der Waals surface area contributed by atoms with Gasteiger partial charge in [-0.05, 0) is 55.0 Å². The molecule has 0 saturated carbocycles. The zero-order valence-electron chi connectivity index (χ0n) is 12.8. The van der Waals surface area contributed by atoms with Gasteiger partial charge in [0.2, 0.25) is 0 Å². The largest absolute Gasteiger partial charge is 0.337 e. The minimum absolute atomic E-state index is 0.0578. The minimum Gasteiger partial charge on any atom is -0.337 e. The Hall–Kier alpha value is -1.68. The number of rotatable bonds is 3. The van der Waals surface area contributed by atoms with Crippen LogP contribution < -0.4 is 0 Å². The molecule has 22 heavy (non-hydrogen) atoms. The van der Waals surface area contributed by atoms with Gasteiger partial charge in [0.25, 0.3) is 5.91 Å². The molecule has 1 aliphatic rings. The average molecular weight is 317 g/mol. The summed E-state index contributed by atoms with van der Waals surface area (Å²) in [4.78, 5) is 16.5. The molecule has 3 rings (SSSR count). The highest BCUT2D eigenvalue weighted by Gasteiger charge is 2.19. The van der Waals surface area contributed by atoms with Crippen molar-refractivity contribution >= 4 is 17.2 Å². The quantitative estimate of drug-likeness (QED) is 0.767. The predicted octanol–water partition coefficient (Wildman–Crippen LogP) is 4.43. The fourth-order valence-corrected chi connectivity index (χ4v) is 4.14. The molecule has 0 atom stereocenters. The van der Waals surface area contributed by atoms with Crippen LogP contribution in [0.4, 0.5) is 4.39 Å². The Morgan fingerprint density at radius 1 is 1.18 bits per heavy atom. The Bertz CT molecular complexity index is 639. The van der Waals surface area contributed by atoms with Crippen LogP contribution in [0.1, 0.15) is 44.9 Å². The van der Waals surface area contributed by atoms with Crippen molar-refractivity contribution < 1.29 is 9.18 Å². The molecule has 116 valence electrons. The number of benzene rings is 1. The summed E-state index contributed by atoms with van der Waals surface area (Å²) in [6.07, 6.45) is 5.94. The maximum atomic E-state index is 12.9. The molecule has 1 aromatic carbocycles. The lowest BCUT2D eigenvalue weighted by Crippen LogP contribution is -2.25. The van der Waals surface area contributed by atoms with E-state index in [9.17, 15) is 9.18 Å². The van der Waals surface area contributed by atoms with E-state index in [4.69, 9.17) is 0 Å². The zero-order valence-corrected chi connectivity index (χ0v) is 13.6. The first-order valence-electron chi connectivity index (χ1n) is 7.75. The number of thiophene rings is 1. The molecule has 1 aliphatic carbocycles. The lowest BCUT2D eigenvalue weighted by molar-refractivity contribution is 0.0790. The summed E-state index contributed by atoms with van der Waals surface area (Å²) in [6, 6.07) is 8.39. The van der Waals surface area contributed by atoms with Crippen LogP contribution in [0.25, 0.3) is 0 Å². The lowest BCUT2D eigenvalue weighted by Gasteiger charge is -2.16. The second-order valence-corrected chi connectivity index (χ2v) is 7.04. The first-order valence-corrected chi connectivity index (χ1v) is 8.56.